The molecule has 0 radical (unpaired) electrons. The number of methoxy groups -OCH3 is 3. The highest BCUT2D eigenvalue weighted by molar-refractivity contribution is 5.86. The molecule has 0 saturated heterocycles. The number of ether oxygens (including phenoxy) is 3. The minimum atomic E-state index is -0.703. The molecule has 1 aliphatic carbocycles. The van der Waals surface area contributed by atoms with Crippen molar-refractivity contribution in [2.24, 2.45) is 0 Å². The highest BCUT2D eigenvalue weighted by Gasteiger charge is 2.29. The normalized spacial score (nSPS) is 14.4. The van der Waals surface area contributed by atoms with E-state index < -0.39 is 12.1 Å². The lowest BCUT2D eigenvalue weighted by Crippen LogP contribution is -2.39. The maximum Gasteiger partial charge on any atom is 0.242 e. The molecule has 2 atom stereocenters. The van der Waals surface area contributed by atoms with Crippen molar-refractivity contribution in [2.75, 3.05) is 33.2 Å². The summed E-state index contributed by atoms with van der Waals surface area (Å²) in [6.45, 7) is 7.79. The van der Waals surface area contributed by atoms with Gasteiger partial charge in [0.05, 0.1) is 44.1 Å². The molecule has 1 aromatic heterocycles. The highest BCUT2D eigenvalue weighted by Crippen LogP contribution is 2.50. The van der Waals surface area contributed by atoms with Crippen LogP contribution in [0.3, 0.4) is 0 Å². The zero-order valence-corrected chi connectivity index (χ0v) is 28.0. The van der Waals surface area contributed by atoms with Crippen molar-refractivity contribution in [1.82, 2.24) is 20.2 Å². The third-order valence-corrected chi connectivity index (χ3v) is 8.51. The summed E-state index contributed by atoms with van der Waals surface area (Å²) in [5, 5.41) is 9.10. The molecule has 3 N–H and O–H groups in total. The number of aryl methyl sites for hydroxylation is 1. The van der Waals surface area contributed by atoms with E-state index in [-0.39, 0.29) is 29.0 Å². The molecule has 248 valence electrons. The molecule has 5 rings (SSSR count). The second kappa shape index (κ2) is 14.1. The molecule has 0 bridgehead atoms. The molecule has 1 heterocycles. The fourth-order valence-electron chi connectivity index (χ4n) is 6.42. The number of imidazole rings is 1. The number of nitrogens with zero attached hydrogens (tertiary/aromatic N) is 2. The Kier molecular flexibility index (Phi) is 10.0. The molecule has 3 aromatic carbocycles. The Bertz CT molecular complexity index is 1870. The van der Waals surface area contributed by atoms with E-state index in [1.54, 1.807) is 34.3 Å². The zero-order chi connectivity index (χ0) is 33.8. The van der Waals surface area contributed by atoms with Crippen molar-refractivity contribution in [3.05, 3.63) is 75.7 Å². The Morgan fingerprint density at radius 3 is 2.43 bits per heavy atom. The van der Waals surface area contributed by atoms with Crippen molar-refractivity contribution < 1.29 is 23.8 Å². The van der Waals surface area contributed by atoms with Gasteiger partial charge in [0.15, 0.2) is 11.5 Å². The van der Waals surface area contributed by atoms with Crippen molar-refractivity contribution in [2.45, 2.75) is 65.1 Å². The van der Waals surface area contributed by atoms with Gasteiger partial charge in [-0.15, -0.1) is 0 Å². The van der Waals surface area contributed by atoms with E-state index in [1.165, 1.54) is 13.0 Å². The quantitative estimate of drug-likeness (QED) is 0.210. The van der Waals surface area contributed by atoms with Gasteiger partial charge in [-0.25, -0.2) is 4.98 Å². The summed E-state index contributed by atoms with van der Waals surface area (Å²) in [7, 11) is 4.66. The van der Waals surface area contributed by atoms with Crippen LogP contribution >= 0.6 is 0 Å². The van der Waals surface area contributed by atoms with E-state index >= 15 is 0 Å². The number of aromatic nitrogens is 2. The Balaban J connectivity index is 1.42. The smallest absolute Gasteiger partial charge is 0.242 e. The third kappa shape index (κ3) is 6.74. The number of hydrogen-bond acceptors (Lipinski definition) is 8. The number of hydrogen-bond donors (Lipinski definition) is 3. The average Bonchev–Trinajstić information content (AvgIpc) is 3.27. The number of carbonyl (C=O) groups excluding carboxylic acids is 2. The first-order chi connectivity index (χ1) is 22.6. The molecule has 0 spiro atoms. The summed E-state index contributed by atoms with van der Waals surface area (Å²) in [6, 6.07) is 14.0. The van der Waals surface area contributed by atoms with E-state index in [4.69, 9.17) is 19.2 Å². The van der Waals surface area contributed by atoms with Crippen molar-refractivity contribution >= 4 is 28.5 Å². The van der Waals surface area contributed by atoms with Gasteiger partial charge in [-0.05, 0) is 80.6 Å². The van der Waals surface area contributed by atoms with Crippen LogP contribution in [0.2, 0.25) is 0 Å². The van der Waals surface area contributed by atoms with E-state index in [9.17, 15) is 14.4 Å². The number of benzene rings is 2. The molecule has 4 aromatic rings. The summed E-state index contributed by atoms with van der Waals surface area (Å²) in [5.41, 5.74) is 4.98. The fraction of sp³-hybridized carbons (Fsp3) is 0.389. The van der Waals surface area contributed by atoms with Gasteiger partial charge in [-0.2, -0.15) is 0 Å². The van der Waals surface area contributed by atoms with Crippen LogP contribution in [0.1, 0.15) is 63.2 Å². The molecule has 0 unspecified atom stereocenters. The SMILES string of the molecule is COc1cc2c(c(OC)c1OC)-c1ccc(N[C@@H](C)C(=O)NCCc3nc4ccccc4n3C(C)C)c(=O)cc1[C@@H](NC(C)=O)CC2. The van der Waals surface area contributed by atoms with Gasteiger partial charge in [0, 0.05) is 31.5 Å². The summed E-state index contributed by atoms with van der Waals surface area (Å²) in [4.78, 5) is 43.9. The number of anilines is 1. The highest BCUT2D eigenvalue weighted by atomic mass is 16.5. The van der Waals surface area contributed by atoms with Crippen LogP contribution in [-0.2, 0) is 22.4 Å². The number of rotatable bonds is 11. The lowest BCUT2D eigenvalue weighted by Gasteiger charge is -2.19. The van der Waals surface area contributed by atoms with Gasteiger partial charge in [0.25, 0.3) is 0 Å². The minimum Gasteiger partial charge on any atom is -0.493 e. The second-order valence-corrected chi connectivity index (χ2v) is 12.0. The maximum absolute atomic E-state index is 13.7. The summed E-state index contributed by atoms with van der Waals surface area (Å²) in [6.07, 6.45) is 1.71. The molecular formula is C36H43N5O6. The lowest BCUT2D eigenvalue weighted by molar-refractivity contribution is -0.121. The molecule has 11 nitrogen and oxygen atoms in total. The predicted octanol–water partition coefficient (Wildman–Crippen LogP) is 4.95. The summed E-state index contributed by atoms with van der Waals surface area (Å²) >= 11 is 0. The van der Waals surface area contributed by atoms with E-state index in [0.717, 1.165) is 28.0 Å². The second-order valence-electron chi connectivity index (χ2n) is 12.0. The predicted molar refractivity (Wildman–Crippen MR) is 183 cm³/mol. The third-order valence-electron chi connectivity index (χ3n) is 8.51. The standard InChI is InChI=1S/C36H43N5O6/c1-20(2)41-29-11-9-8-10-27(29)40-32(41)16-17-37-36(44)21(3)38-28-15-13-24-25(19-30(28)43)26(39-22(4)42)14-12-23-18-31(45-5)34(46-6)35(47-7)33(23)24/h8-11,13,15,18-21,26H,12,14,16-17H2,1-7H3,(H,37,44)(H,38,43)(H,39,42)/t21-,26-/m0/s1. The molecule has 0 aliphatic heterocycles. The van der Waals surface area contributed by atoms with Gasteiger partial charge in [-0.1, -0.05) is 18.2 Å². The Hall–Kier alpha value is -5.06. The largest absolute Gasteiger partial charge is 0.493 e. The Morgan fingerprint density at radius 2 is 1.74 bits per heavy atom. The first-order valence-electron chi connectivity index (χ1n) is 15.9. The number of nitrogens with one attached hydrogen (secondary N) is 3. The Labute approximate surface area is 274 Å². The van der Waals surface area contributed by atoms with Gasteiger partial charge in [0.2, 0.25) is 23.0 Å². The van der Waals surface area contributed by atoms with Crippen LogP contribution < -0.4 is 35.6 Å². The van der Waals surface area contributed by atoms with Crippen LogP contribution in [0.5, 0.6) is 17.2 Å². The number of fused-ring (bicyclic) bond motifs is 4. The van der Waals surface area contributed by atoms with Crippen LogP contribution in [0.25, 0.3) is 22.2 Å². The van der Waals surface area contributed by atoms with Crippen LogP contribution in [-0.4, -0.2) is 55.3 Å². The molecule has 47 heavy (non-hydrogen) atoms. The van der Waals surface area contributed by atoms with Crippen molar-refractivity contribution in [1.29, 1.82) is 0 Å². The van der Waals surface area contributed by atoms with Gasteiger partial charge < -0.3 is 34.7 Å². The monoisotopic (exact) mass is 641 g/mol. The first-order valence-corrected chi connectivity index (χ1v) is 15.9. The zero-order valence-electron chi connectivity index (χ0n) is 28.0. The van der Waals surface area contributed by atoms with E-state index in [1.807, 2.05) is 30.3 Å². The van der Waals surface area contributed by atoms with Crippen molar-refractivity contribution in [3.8, 4) is 28.4 Å². The van der Waals surface area contributed by atoms with E-state index in [0.29, 0.717) is 54.2 Å². The number of carbonyl (C=O) groups is 2. The number of amides is 2. The molecule has 1 aliphatic rings. The lowest BCUT2D eigenvalue weighted by atomic mass is 9.95. The molecule has 0 fully saturated rings. The average molecular weight is 642 g/mol. The van der Waals surface area contributed by atoms with Crippen LogP contribution in [0.15, 0.2) is 53.3 Å². The van der Waals surface area contributed by atoms with Crippen LogP contribution in [0, 0.1) is 0 Å². The summed E-state index contributed by atoms with van der Waals surface area (Å²) < 4.78 is 19.3. The van der Waals surface area contributed by atoms with Crippen LogP contribution in [0.4, 0.5) is 5.69 Å². The number of para-hydroxylation sites is 2. The summed E-state index contributed by atoms with van der Waals surface area (Å²) in [5.74, 6) is 1.87. The maximum atomic E-state index is 13.7. The molecule has 0 saturated carbocycles. The van der Waals surface area contributed by atoms with E-state index in [2.05, 4.69) is 40.4 Å². The molecule has 11 heteroatoms. The van der Waals surface area contributed by atoms with Gasteiger partial charge in [-0.3, -0.25) is 14.4 Å². The van der Waals surface area contributed by atoms with Gasteiger partial charge >= 0.3 is 0 Å². The topological polar surface area (TPSA) is 133 Å². The first kappa shape index (κ1) is 33.3. The fourth-order valence-corrected chi connectivity index (χ4v) is 6.42. The minimum absolute atomic E-state index is 0.208. The Morgan fingerprint density at radius 1 is 1.00 bits per heavy atom. The van der Waals surface area contributed by atoms with Gasteiger partial charge in [0.1, 0.15) is 11.9 Å². The molecular weight excluding hydrogens is 598 g/mol. The molecule has 2 amide bonds. The van der Waals surface area contributed by atoms with Crippen molar-refractivity contribution in [3.63, 3.8) is 0 Å².